The average Bonchev–Trinajstić information content (AvgIpc) is 2.76. The molecule has 2 N–H and O–H groups in total. The zero-order valence-electron chi connectivity index (χ0n) is 8.42. The van der Waals surface area contributed by atoms with Gasteiger partial charge in [0.1, 0.15) is 0 Å². The van der Waals surface area contributed by atoms with Crippen molar-refractivity contribution in [2.24, 2.45) is 11.7 Å². The van der Waals surface area contributed by atoms with Crippen molar-refractivity contribution in [3.8, 4) is 0 Å². The molecule has 1 amide bonds. The second kappa shape index (κ2) is 2.71. The number of nitrogens with two attached hydrogens (primary N) is 1. The Balaban J connectivity index is 2.09. The molecule has 2 fully saturated rings. The first-order valence-corrected chi connectivity index (χ1v) is 5.08. The molecule has 1 aliphatic heterocycles. The molecule has 0 aromatic rings. The van der Waals surface area contributed by atoms with Crippen molar-refractivity contribution in [1.29, 1.82) is 0 Å². The SMILES string of the molecule is CC1(C)CC(N)CN1C(=O)C1CC1. The second-order valence-electron chi connectivity index (χ2n) is 5.00. The van der Waals surface area contributed by atoms with Crippen LogP contribution in [0.2, 0.25) is 0 Å². The van der Waals surface area contributed by atoms with Crippen molar-refractivity contribution < 1.29 is 4.79 Å². The third-order valence-electron chi connectivity index (χ3n) is 3.10. The first-order valence-electron chi connectivity index (χ1n) is 5.08. The maximum Gasteiger partial charge on any atom is 0.226 e. The molecule has 0 spiro atoms. The monoisotopic (exact) mass is 182 g/mol. The van der Waals surface area contributed by atoms with E-state index >= 15 is 0 Å². The van der Waals surface area contributed by atoms with Gasteiger partial charge in [-0.25, -0.2) is 0 Å². The van der Waals surface area contributed by atoms with Gasteiger partial charge in [-0.1, -0.05) is 0 Å². The van der Waals surface area contributed by atoms with Gasteiger partial charge in [0.25, 0.3) is 0 Å². The van der Waals surface area contributed by atoms with Crippen molar-refractivity contribution in [2.45, 2.75) is 44.7 Å². The van der Waals surface area contributed by atoms with Gasteiger partial charge in [-0.05, 0) is 33.1 Å². The predicted octanol–water partition coefficient (Wildman–Crippen LogP) is 0.735. The first kappa shape index (κ1) is 9.00. The molecule has 3 heteroatoms. The number of likely N-dealkylation sites (tertiary alicyclic amines) is 1. The highest BCUT2D eigenvalue weighted by atomic mass is 16.2. The minimum absolute atomic E-state index is 0.0148. The van der Waals surface area contributed by atoms with E-state index in [0.29, 0.717) is 11.8 Å². The van der Waals surface area contributed by atoms with Crippen molar-refractivity contribution in [2.75, 3.05) is 6.54 Å². The number of hydrogen-bond acceptors (Lipinski definition) is 2. The Bertz CT molecular complexity index is 233. The van der Waals surface area contributed by atoms with Crippen LogP contribution in [0.25, 0.3) is 0 Å². The fraction of sp³-hybridized carbons (Fsp3) is 0.900. The standard InChI is InChI=1S/C10H18N2O/c1-10(2)5-8(11)6-12(10)9(13)7-3-4-7/h7-8H,3-6,11H2,1-2H3. The fourth-order valence-corrected chi connectivity index (χ4v) is 2.24. The quantitative estimate of drug-likeness (QED) is 0.650. The van der Waals surface area contributed by atoms with Gasteiger partial charge < -0.3 is 10.6 Å². The van der Waals surface area contributed by atoms with Crippen LogP contribution < -0.4 is 5.73 Å². The molecule has 0 aromatic heterocycles. The molecule has 1 atom stereocenters. The maximum absolute atomic E-state index is 11.8. The molecular weight excluding hydrogens is 164 g/mol. The minimum Gasteiger partial charge on any atom is -0.336 e. The van der Waals surface area contributed by atoms with Crippen LogP contribution in [-0.4, -0.2) is 28.9 Å². The summed E-state index contributed by atoms with van der Waals surface area (Å²) in [6.45, 7) is 4.97. The van der Waals surface area contributed by atoms with Crippen LogP contribution in [0.4, 0.5) is 0 Å². The van der Waals surface area contributed by atoms with E-state index in [1.54, 1.807) is 0 Å². The molecule has 1 aliphatic carbocycles. The zero-order chi connectivity index (χ0) is 9.64. The van der Waals surface area contributed by atoms with E-state index in [0.717, 1.165) is 25.8 Å². The van der Waals surface area contributed by atoms with Crippen molar-refractivity contribution >= 4 is 5.91 Å². The van der Waals surface area contributed by atoms with Gasteiger partial charge in [0.15, 0.2) is 0 Å². The summed E-state index contributed by atoms with van der Waals surface area (Å²) in [5.41, 5.74) is 5.85. The molecule has 0 radical (unpaired) electrons. The van der Waals surface area contributed by atoms with Crippen LogP contribution >= 0.6 is 0 Å². The van der Waals surface area contributed by atoms with E-state index < -0.39 is 0 Å². The van der Waals surface area contributed by atoms with Gasteiger partial charge in [0.05, 0.1) is 0 Å². The molecule has 2 rings (SSSR count). The molecule has 74 valence electrons. The number of carbonyl (C=O) groups is 1. The lowest BCUT2D eigenvalue weighted by Crippen LogP contribution is -2.43. The number of hydrogen-bond donors (Lipinski definition) is 1. The van der Waals surface area contributed by atoms with Gasteiger partial charge in [-0.3, -0.25) is 4.79 Å². The summed E-state index contributed by atoms with van der Waals surface area (Å²) in [5.74, 6) is 0.655. The van der Waals surface area contributed by atoms with E-state index in [2.05, 4.69) is 13.8 Å². The van der Waals surface area contributed by atoms with E-state index in [-0.39, 0.29) is 11.6 Å². The van der Waals surface area contributed by atoms with Crippen LogP contribution in [0.1, 0.15) is 33.1 Å². The molecule has 13 heavy (non-hydrogen) atoms. The zero-order valence-corrected chi connectivity index (χ0v) is 8.42. The molecule has 1 heterocycles. The Labute approximate surface area is 79.3 Å². The lowest BCUT2D eigenvalue weighted by molar-refractivity contribution is -0.135. The van der Waals surface area contributed by atoms with Gasteiger partial charge in [0.2, 0.25) is 5.91 Å². The highest BCUT2D eigenvalue weighted by molar-refractivity contribution is 5.82. The summed E-state index contributed by atoms with van der Waals surface area (Å²) in [5, 5.41) is 0. The Hall–Kier alpha value is -0.570. The second-order valence-corrected chi connectivity index (χ2v) is 5.00. The van der Waals surface area contributed by atoms with Crippen molar-refractivity contribution in [3.63, 3.8) is 0 Å². The van der Waals surface area contributed by atoms with E-state index in [4.69, 9.17) is 5.73 Å². The molecule has 2 aliphatic rings. The molecule has 0 bridgehead atoms. The predicted molar refractivity (Wildman–Crippen MR) is 51.1 cm³/mol. The van der Waals surface area contributed by atoms with E-state index in [1.807, 2.05) is 4.90 Å². The van der Waals surface area contributed by atoms with Crippen molar-refractivity contribution in [3.05, 3.63) is 0 Å². The minimum atomic E-state index is -0.0148. The Morgan fingerprint density at radius 1 is 1.46 bits per heavy atom. The van der Waals surface area contributed by atoms with Gasteiger partial charge in [-0.2, -0.15) is 0 Å². The molecule has 1 saturated carbocycles. The van der Waals surface area contributed by atoms with Crippen LogP contribution in [-0.2, 0) is 4.79 Å². The Kier molecular flexibility index (Phi) is 1.88. The lowest BCUT2D eigenvalue weighted by atomic mass is 10.0. The normalized spacial score (nSPS) is 32.2. The Morgan fingerprint density at radius 2 is 2.08 bits per heavy atom. The van der Waals surface area contributed by atoms with Crippen LogP contribution in [0.5, 0.6) is 0 Å². The van der Waals surface area contributed by atoms with Crippen LogP contribution in [0.3, 0.4) is 0 Å². The lowest BCUT2D eigenvalue weighted by Gasteiger charge is -2.31. The largest absolute Gasteiger partial charge is 0.336 e. The fourth-order valence-electron chi connectivity index (χ4n) is 2.24. The smallest absolute Gasteiger partial charge is 0.226 e. The van der Waals surface area contributed by atoms with Gasteiger partial charge >= 0.3 is 0 Å². The third-order valence-corrected chi connectivity index (χ3v) is 3.10. The molecule has 1 unspecified atom stereocenters. The maximum atomic E-state index is 11.8. The summed E-state index contributed by atoms with van der Waals surface area (Å²) in [6, 6.07) is 0.178. The molecular formula is C10H18N2O. The van der Waals surface area contributed by atoms with Gasteiger partial charge in [-0.15, -0.1) is 0 Å². The summed E-state index contributed by atoms with van der Waals surface area (Å²) in [7, 11) is 0. The summed E-state index contributed by atoms with van der Waals surface area (Å²) in [4.78, 5) is 13.8. The Morgan fingerprint density at radius 3 is 2.46 bits per heavy atom. The highest BCUT2D eigenvalue weighted by Gasteiger charge is 2.44. The topological polar surface area (TPSA) is 46.3 Å². The highest BCUT2D eigenvalue weighted by Crippen LogP contribution is 2.36. The summed E-state index contributed by atoms with van der Waals surface area (Å²) >= 11 is 0. The van der Waals surface area contributed by atoms with Crippen LogP contribution in [0, 0.1) is 5.92 Å². The first-order chi connectivity index (χ1) is 6.00. The number of rotatable bonds is 1. The van der Waals surface area contributed by atoms with E-state index in [9.17, 15) is 4.79 Å². The third kappa shape index (κ3) is 1.57. The number of amides is 1. The van der Waals surface area contributed by atoms with E-state index in [1.165, 1.54) is 0 Å². The summed E-state index contributed by atoms with van der Waals surface area (Å²) in [6.07, 6.45) is 3.10. The molecule has 0 aromatic carbocycles. The average molecular weight is 182 g/mol. The van der Waals surface area contributed by atoms with Crippen LogP contribution in [0.15, 0.2) is 0 Å². The number of carbonyl (C=O) groups excluding carboxylic acids is 1. The number of nitrogens with zero attached hydrogens (tertiary/aromatic N) is 1. The molecule has 1 saturated heterocycles. The van der Waals surface area contributed by atoms with Gasteiger partial charge in [0, 0.05) is 24.0 Å². The van der Waals surface area contributed by atoms with Crippen molar-refractivity contribution in [1.82, 2.24) is 4.90 Å². The summed E-state index contributed by atoms with van der Waals surface area (Å²) < 4.78 is 0. The molecule has 3 nitrogen and oxygen atoms in total.